The average Bonchev–Trinajstić information content (AvgIpc) is 3.16. The summed E-state index contributed by atoms with van der Waals surface area (Å²) in [5.41, 5.74) is 1.43. The first-order valence-electron chi connectivity index (χ1n) is 21.3. The predicted molar refractivity (Wildman–Crippen MR) is 234 cm³/mol. The van der Waals surface area contributed by atoms with Gasteiger partial charge in [0.2, 0.25) is 11.8 Å². The largest absolute Gasteiger partial charge is 0.461 e. The molecule has 0 fully saturated rings. The van der Waals surface area contributed by atoms with Gasteiger partial charge in [-0.1, -0.05) is 124 Å². The number of carbonyl (C=O) groups excluding carboxylic acids is 4. The zero-order chi connectivity index (χ0) is 41.9. The second-order valence-electron chi connectivity index (χ2n) is 15.9. The maximum atomic E-state index is 13.0. The molecule has 8 nitrogen and oxygen atoms in total. The number of nitrogens with one attached hydrogen (secondary N) is 2. The van der Waals surface area contributed by atoms with Crippen molar-refractivity contribution in [2.45, 2.75) is 137 Å². The van der Waals surface area contributed by atoms with E-state index >= 15 is 0 Å². The van der Waals surface area contributed by atoms with Crippen molar-refractivity contribution in [3.05, 3.63) is 109 Å². The summed E-state index contributed by atoms with van der Waals surface area (Å²) in [5.74, 6) is -0.693. The van der Waals surface area contributed by atoms with Crippen molar-refractivity contribution in [2.24, 2.45) is 23.2 Å². The van der Waals surface area contributed by atoms with Crippen LogP contribution in [0.3, 0.4) is 0 Å². The normalized spacial score (nSPS) is 20.6. The van der Waals surface area contributed by atoms with Crippen LogP contribution in [0.4, 0.5) is 0 Å². The summed E-state index contributed by atoms with van der Waals surface area (Å²) in [6.45, 7) is 14.8. The van der Waals surface area contributed by atoms with Gasteiger partial charge in [-0.15, -0.1) is 0 Å². The molecule has 3 N–H and O–H groups in total. The molecule has 2 rings (SSSR count). The number of fused-ring (bicyclic) bond motifs is 1. The summed E-state index contributed by atoms with van der Waals surface area (Å²) >= 11 is 0. The number of allylic oxidation sites excluding steroid dienone is 16. The quantitative estimate of drug-likeness (QED) is 0.0433. The van der Waals surface area contributed by atoms with Gasteiger partial charge in [0.25, 0.3) is 0 Å². The van der Waals surface area contributed by atoms with Crippen LogP contribution in [0, 0.1) is 23.2 Å². The number of ether oxygens (including phenoxy) is 1. The first-order chi connectivity index (χ1) is 27.4. The third-order valence-corrected chi connectivity index (χ3v) is 10.5. The summed E-state index contributed by atoms with van der Waals surface area (Å²) in [7, 11) is 0. The molecule has 0 radical (unpaired) electrons. The van der Waals surface area contributed by atoms with Gasteiger partial charge in [0.1, 0.15) is 11.9 Å². The summed E-state index contributed by atoms with van der Waals surface area (Å²) < 4.78 is 6.14. The number of ketones is 1. The molecule has 0 aliphatic heterocycles. The Balaban J connectivity index is 1.59. The van der Waals surface area contributed by atoms with Gasteiger partial charge >= 0.3 is 5.97 Å². The van der Waals surface area contributed by atoms with E-state index in [-0.39, 0.29) is 79.8 Å². The molecule has 2 amide bonds. The van der Waals surface area contributed by atoms with E-state index < -0.39 is 11.5 Å². The predicted octanol–water partition coefficient (Wildman–Crippen LogP) is 9.86. The molecule has 0 aromatic rings. The van der Waals surface area contributed by atoms with Crippen LogP contribution < -0.4 is 10.6 Å². The van der Waals surface area contributed by atoms with E-state index in [1.807, 2.05) is 32.9 Å². The SMILES string of the molecule is C=C1C=CC2=C[C@H](C)CC(OC(=O)C(C)(C)CC)C2[C@H]1CCC(=O)C[C@@H](O)CC(=O)NCCNC(=O)CC/C=C\C/C=C\C/C=C\C/C=C\C/C=C\C/C=C\CC. The van der Waals surface area contributed by atoms with Gasteiger partial charge < -0.3 is 20.5 Å². The zero-order valence-corrected chi connectivity index (χ0v) is 35.6. The molecule has 0 bridgehead atoms. The minimum atomic E-state index is -1.10. The van der Waals surface area contributed by atoms with Crippen molar-refractivity contribution in [1.29, 1.82) is 0 Å². The van der Waals surface area contributed by atoms with Crippen molar-refractivity contribution < 1.29 is 29.0 Å². The molecule has 0 saturated carbocycles. The van der Waals surface area contributed by atoms with Crippen molar-refractivity contribution in [3.63, 3.8) is 0 Å². The Labute approximate surface area is 344 Å². The minimum absolute atomic E-state index is 0.0680. The number of Topliss-reactive ketones (excluding diaryl/α,β-unsaturated/α-hetero) is 1. The van der Waals surface area contributed by atoms with Crippen LogP contribution in [0.5, 0.6) is 0 Å². The molecule has 8 heteroatoms. The number of rotatable bonds is 27. The van der Waals surface area contributed by atoms with E-state index in [1.54, 1.807) is 0 Å². The van der Waals surface area contributed by atoms with E-state index in [1.165, 1.54) is 0 Å². The standard InChI is InChI=1S/C49H72N2O6/c1-7-9-10-11-12-13-14-15-16-17-18-19-20-21-22-23-24-25-26-27-45(54)50-32-33-51-46(55)37-42(53)36-41(52)30-31-43-39(4)28-29-40-34-38(3)35-44(47(40)43)57-48(56)49(5,6)8-2/h9-10,12-13,15-16,18-19,21-22,24-25,28-29,34,38,42-44,47,53H,4,7-8,11,14,17,20,23,26-27,30-33,35-37H2,1-3,5-6H3,(H,50,54)(H,51,55)/b10-9-,13-12-,16-15-,19-18-,22-21-,25-24-/t38-,42+,43-,44?,47?/m0/s1. The Morgan fingerprint density at radius 3 is 1.91 bits per heavy atom. The van der Waals surface area contributed by atoms with Crippen molar-refractivity contribution >= 4 is 23.6 Å². The molecule has 5 atom stereocenters. The number of hydrogen-bond acceptors (Lipinski definition) is 6. The zero-order valence-electron chi connectivity index (χ0n) is 35.6. The molecule has 2 aliphatic rings. The van der Waals surface area contributed by atoms with Crippen molar-refractivity contribution in [2.75, 3.05) is 13.1 Å². The van der Waals surface area contributed by atoms with Crippen LogP contribution in [0.25, 0.3) is 0 Å². The van der Waals surface area contributed by atoms with E-state index in [4.69, 9.17) is 4.74 Å². The first-order valence-corrected chi connectivity index (χ1v) is 21.3. The number of amides is 2. The summed E-state index contributed by atoms with van der Waals surface area (Å²) in [6.07, 6.45) is 39.2. The van der Waals surface area contributed by atoms with E-state index in [0.717, 1.165) is 49.7 Å². The van der Waals surface area contributed by atoms with Gasteiger partial charge in [0, 0.05) is 38.3 Å². The van der Waals surface area contributed by atoms with Crippen LogP contribution in [0.15, 0.2) is 109 Å². The maximum absolute atomic E-state index is 13.0. The molecule has 0 saturated heterocycles. The van der Waals surface area contributed by atoms with Gasteiger partial charge in [-0.2, -0.15) is 0 Å². The Morgan fingerprint density at radius 1 is 0.807 bits per heavy atom. The lowest BCUT2D eigenvalue weighted by molar-refractivity contribution is -0.164. The van der Waals surface area contributed by atoms with Gasteiger partial charge in [-0.05, 0) is 95.5 Å². The third-order valence-electron chi connectivity index (χ3n) is 10.5. The lowest BCUT2D eigenvalue weighted by Gasteiger charge is -2.42. The Morgan fingerprint density at radius 2 is 1.35 bits per heavy atom. The topological polar surface area (TPSA) is 122 Å². The van der Waals surface area contributed by atoms with Crippen LogP contribution in [-0.4, -0.2) is 54.0 Å². The number of hydrogen-bond donors (Lipinski definition) is 3. The lowest BCUT2D eigenvalue weighted by atomic mass is 9.67. The molecule has 2 aliphatic carbocycles. The highest BCUT2D eigenvalue weighted by atomic mass is 16.5. The monoisotopic (exact) mass is 785 g/mol. The smallest absolute Gasteiger partial charge is 0.311 e. The maximum Gasteiger partial charge on any atom is 0.311 e. The average molecular weight is 785 g/mol. The fraction of sp³-hybridized carbons (Fsp3) is 0.551. The number of aliphatic hydroxyl groups excluding tert-OH is 1. The molecular formula is C49H72N2O6. The number of aliphatic hydroxyl groups is 1. The fourth-order valence-corrected chi connectivity index (χ4v) is 6.76. The second kappa shape index (κ2) is 28.2. The molecule has 0 heterocycles. The molecule has 57 heavy (non-hydrogen) atoms. The molecule has 0 spiro atoms. The van der Waals surface area contributed by atoms with Crippen LogP contribution in [0.1, 0.15) is 125 Å². The van der Waals surface area contributed by atoms with E-state index in [9.17, 15) is 24.3 Å². The van der Waals surface area contributed by atoms with Gasteiger partial charge in [-0.25, -0.2) is 0 Å². The molecule has 2 unspecified atom stereocenters. The fourth-order valence-electron chi connectivity index (χ4n) is 6.76. The van der Waals surface area contributed by atoms with Gasteiger partial charge in [0.05, 0.1) is 17.9 Å². The summed E-state index contributed by atoms with van der Waals surface area (Å²) in [5, 5.41) is 16.0. The molecule has 314 valence electrons. The van der Waals surface area contributed by atoms with Crippen molar-refractivity contribution in [1.82, 2.24) is 10.6 Å². The first kappa shape index (κ1) is 48.8. The highest BCUT2D eigenvalue weighted by molar-refractivity contribution is 5.81. The minimum Gasteiger partial charge on any atom is -0.461 e. The molecule has 0 aromatic heterocycles. The van der Waals surface area contributed by atoms with Crippen LogP contribution in [0.2, 0.25) is 0 Å². The Hall–Kier alpha value is -4.30. The Kier molecular flexibility index (Phi) is 24.1. The highest BCUT2D eigenvalue weighted by Gasteiger charge is 2.42. The van der Waals surface area contributed by atoms with Crippen LogP contribution >= 0.6 is 0 Å². The second-order valence-corrected chi connectivity index (χ2v) is 15.9. The van der Waals surface area contributed by atoms with Gasteiger partial charge in [0.15, 0.2) is 0 Å². The summed E-state index contributed by atoms with van der Waals surface area (Å²) in [6, 6.07) is 0. The highest BCUT2D eigenvalue weighted by Crippen LogP contribution is 2.44. The number of esters is 1. The van der Waals surface area contributed by atoms with Gasteiger partial charge in [-0.3, -0.25) is 19.2 Å². The summed E-state index contributed by atoms with van der Waals surface area (Å²) in [4.78, 5) is 50.6. The lowest BCUT2D eigenvalue weighted by Crippen LogP contribution is -2.41. The van der Waals surface area contributed by atoms with E-state index in [0.29, 0.717) is 32.1 Å². The molecular weight excluding hydrogens is 713 g/mol. The van der Waals surface area contributed by atoms with Crippen LogP contribution in [-0.2, 0) is 23.9 Å². The Bertz CT molecular complexity index is 1520. The van der Waals surface area contributed by atoms with E-state index in [2.05, 4.69) is 110 Å². The number of carbonyl (C=O) groups is 4. The molecule has 0 aromatic carbocycles. The van der Waals surface area contributed by atoms with Crippen molar-refractivity contribution in [3.8, 4) is 0 Å². The third kappa shape index (κ3) is 20.6.